The third kappa shape index (κ3) is 4.30. The summed E-state index contributed by atoms with van der Waals surface area (Å²) in [5.41, 5.74) is 6.80. The fourth-order valence-corrected chi connectivity index (χ4v) is 2.44. The van der Waals surface area contributed by atoms with Crippen molar-refractivity contribution in [3.05, 3.63) is 89.5 Å². The molecule has 3 N–H and O–H groups in total. The van der Waals surface area contributed by atoms with Gasteiger partial charge in [0.15, 0.2) is 0 Å². The van der Waals surface area contributed by atoms with Crippen LogP contribution >= 0.6 is 0 Å². The van der Waals surface area contributed by atoms with Gasteiger partial charge in [-0.15, -0.1) is 0 Å². The molecule has 0 fully saturated rings. The van der Waals surface area contributed by atoms with Crippen LogP contribution in [0.1, 0.15) is 26.3 Å². The van der Waals surface area contributed by atoms with E-state index in [0.29, 0.717) is 28.3 Å². The first-order chi connectivity index (χ1) is 13.1. The van der Waals surface area contributed by atoms with Gasteiger partial charge in [0.25, 0.3) is 11.8 Å². The Balaban J connectivity index is 1.78. The van der Waals surface area contributed by atoms with Crippen molar-refractivity contribution in [3.63, 3.8) is 0 Å². The lowest BCUT2D eigenvalue weighted by molar-refractivity contribution is 0.100. The van der Waals surface area contributed by atoms with Gasteiger partial charge in [0.2, 0.25) is 0 Å². The Bertz CT molecular complexity index is 1040. The standard InChI is InChI=1S/C21H15N3O3/c22-13-14-8-10-16(11-9-14)27-17-5-3-4-15(12-17)21(26)24-19-7-2-1-6-18(19)20(23)25/h1-12H,(H2,23,25)(H,24,26). The fraction of sp³-hybridized carbons (Fsp3) is 0. The molecule has 0 atom stereocenters. The minimum atomic E-state index is -0.621. The molecule has 0 saturated heterocycles. The van der Waals surface area contributed by atoms with Crippen molar-refractivity contribution >= 4 is 17.5 Å². The maximum atomic E-state index is 12.5. The van der Waals surface area contributed by atoms with Crippen LogP contribution in [-0.4, -0.2) is 11.8 Å². The van der Waals surface area contributed by atoms with E-state index in [-0.39, 0.29) is 5.56 Å². The van der Waals surface area contributed by atoms with Gasteiger partial charge in [0.05, 0.1) is 22.9 Å². The normalized spacial score (nSPS) is 9.89. The zero-order valence-electron chi connectivity index (χ0n) is 14.2. The van der Waals surface area contributed by atoms with E-state index in [9.17, 15) is 9.59 Å². The van der Waals surface area contributed by atoms with Gasteiger partial charge in [-0.1, -0.05) is 18.2 Å². The Morgan fingerprint density at radius 2 is 1.67 bits per heavy atom. The van der Waals surface area contributed by atoms with Gasteiger partial charge in [0.1, 0.15) is 11.5 Å². The Kier molecular flexibility index (Phi) is 5.15. The molecule has 3 aromatic rings. The van der Waals surface area contributed by atoms with Gasteiger partial charge < -0.3 is 15.8 Å². The second-order valence-electron chi connectivity index (χ2n) is 5.63. The molecule has 0 unspecified atom stereocenters. The van der Waals surface area contributed by atoms with Crippen LogP contribution < -0.4 is 15.8 Å². The lowest BCUT2D eigenvalue weighted by Gasteiger charge is -2.10. The highest BCUT2D eigenvalue weighted by molar-refractivity contribution is 6.08. The molecule has 0 bridgehead atoms. The second-order valence-corrected chi connectivity index (χ2v) is 5.63. The number of nitrogens with two attached hydrogens (primary N) is 1. The smallest absolute Gasteiger partial charge is 0.255 e. The number of anilines is 1. The van der Waals surface area contributed by atoms with Gasteiger partial charge >= 0.3 is 0 Å². The van der Waals surface area contributed by atoms with E-state index in [1.165, 1.54) is 0 Å². The van der Waals surface area contributed by atoms with Crippen LogP contribution in [-0.2, 0) is 0 Å². The first-order valence-electron chi connectivity index (χ1n) is 8.05. The molecule has 27 heavy (non-hydrogen) atoms. The van der Waals surface area contributed by atoms with E-state index < -0.39 is 11.8 Å². The molecule has 3 aromatic carbocycles. The highest BCUT2D eigenvalue weighted by Gasteiger charge is 2.12. The van der Waals surface area contributed by atoms with Gasteiger partial charge in [-0.05, 0) is 54.6 Å². The Hall–Kier alpha value is -4.11. The average Bonchev–Trinajstić information content (AvgIpc) is 2.69. The molecule has 0 radical (unpaired) electrons. The van der Waals surface area contributed by atoms with Crippen LogP contribution in [0.2, 0.25) is 0 Å². The van der Waals surface area contributed by atoms with Crippen LogP contribution in [0.15, 0.2) is 72.8 Å². The molecule has 0 aromatic heterocycles. The third-order valence-electron chi connectivity index (χ3n) is 3.76. The zero-order chi connectivity index (χ0) is 19.2. The van der Waals surface area contributed by atoms with Crippen LogP contribution in [0.5, 0.6) is 11.5 Å². The first-order valence-corrected chi connectivity index (χ1v) is 8.05. The second kappa shape index (κ2) is 7.85. The molecule has 3 rings (SSSR count). The number of carbonyl (C=O) groups excluding carboxylic acids is 2. The monoisotopic (exact) mass is 357 g/mol. The summed E-state index contributed by atoms with van der Waals surface area (Å²) >= 11 is 0. The first kappa shape index (κ1) is 17.7. The number of hydrogen-bond donors (Lipinski definition) is 2. The van der Waals surface area contributed by atoms with Crippen LogP contribution in [0.25, 0.3) is 0 Å². The SMILES string of the molecule is N#Cc1ccc(Oc2cccc(C(=O)Nc3ccccc3C(N)=O)c2)cc1. The van der Waals surface area contributed by atoms with Crippen molar-refractivity contribution in [1.82, 2.24) is 0 Å². The van der Waals surface area contributed by atoms with Crippen LogP contribution in [0.4, 0.5) is 5.69 Å². The number of rotatable bonds is 5. The zero-order valence-corrected chi connectivity index (χ0v) is 14.2. The van der Waals surface area contributed by atoms with Gasteiger partial charge in [-0.3, -0.25) is 9.59 Å². The number of ether oxygens (including phenoxy) is 1. The van der Waals surface area contributed by atoms with Gasteiger partial charge in [0, 0.05) is 5.56 Å². The quantitative estimate of drug-likeness (QED) is 0.726. The predicted molar refractivity (Wildman–Crippen MR) is 101 cm³/mol. The number of carbonyl (C=O) groups is 2. The number of benzene rings is 3. The number of nitriles is 1. The van der Waals surface area contributed by atoms with E-state index in [1.54, 1.807) is 72.8 Å². The molecule has 0 aliphatic rings. The number of nitrogens with zero attached hydrogens (tertiary/aromatic N) is 1. The van der Waals surface area contributed by atoms with E-state index >= 15 is 0 Å². The molecule has 132 valence electrons. The molecule has 0 saturated carbocycles. The summed E-state index contributed by atoms with van der Waals surface area (Å²) in [6.07, 6.45) is 0. The highest BCUT2D eigenvalue weighted by Crippen LogP contribution is 2.23. The summed E-state index contributed by atoms with van der Waals surface area (Å²) in [5.74, 6) is -0.000968. The molecule has 0 aliphatic carbocycles. The molecule has 6 nitrogen and oxygen atoms in total. The maximum absolute atomic E-state index is 12.5. The summed E-state index contributed by atoms with van der Waals surface area (Å²) in [7, 11) is 0. The fourth-order valence-electron chi connectivity index (χ4n) is 2.44. The van der Waals surface area contributed by atoms with Crippen LogP contribution in [0, 0.1) is 11.3 Å². The van der Waals surface area contributed by atoms with Crippen molar-refractivity contribution in [2.24, 2.45) is 5.73 Å². The van der Waals surface area contributed by atoms with Crippen molar-refractivity contribution in [2.75, 3.05) is 5.32 Å². The highest BCUT2D eigenvalue weighted by atomic mass is 16.5. The topological polar surface area (TPSA) is 105 Å². The summed E-state index contributed by atoms with van der Waals surface area (Å²) in [5, 5.41) is 11.5. The number of nitrogens with one attached hydrogen (secondary N) is 1. The maximum Gasteiger partial charge on any atom is 0.255 e. The van der Waals surface area contributed by atoms with Crippen molar-refractivity contribution < 1.29 is 14.3 Å². The van der Waals surface area contributed by atoms with Crippen molar-refractivity contribution in [3.8, 4) is 17.6 Å². The molecule has 6 heteroatoms. The molecule has 0 spiro atoms. The van der Waals surface area contributed by atoms with Crippen molar-refractivity contribution in [2.45, 2.75) is 0 Å². The minimum Gasteiger partial charge on any atom is -0.457 e. The van der Waals surface area contributed by atoms with E-state index in [2.05, 4.69) is 5.32 Å². The summed E-state index contributed by atoms with van der Waals surface area (Å²) in [6, 6.07) is 21.8. The third-order valence-corrected chi connectivity index (χ3v) is 3.76. The molecule has 0 aliphatic heterocycles. The number of hydrogen-bond acceptors (Lipinski definition) is 4. The molecular weight excluding hydrogens is 342 g/mol. The van der Waals surface area contributed by atoms with Gasteiger partial charge in [-0.25, -0.2) is 0 Å². The number of amides is 2. The number of para-hydroxylation sites is 1. The van der Waals surface area contributed by atoms with Crippen LogP contribution in [0.3, 0.4) is 0 Å². The largest absolute Gasteiger partial charge is 0.457 e. The average molecular weight is 357 g/mol. The molecule has 2 amide bonds. The summed E-state index contributed by atoms with van der Waals surface area (Å²) in [4.78, 5) is 24.0. The van der Waals surface area contributed by atoms with Crippen molar-refractivity contribution in [1.29, 1.82) is 5.26 Å². The van der Waals surface area contributed by atoms with E-state index in [1.807, 2.05) is 6.07 Å². The molecular formula is C21H15N3O3. The molecule has 0 heterocycles. The summed E-state index contributed by atoms with van der Waals surface area (Å²) in [6.45, 7) is 0. The van der Waals surface area contributed by atoms with Gasteiger partial charge in [-0.2, -0.15) is 5.26 Å². The Labute approximate surface area is 155 Å². The van der Waals surface area contributed by atoms with E-state index in [4.69, 9.17) is 15.7 Å². The lowest BCUT2D eigenvalue weighted by atomic mass is 10.1. The Morgan fingerprint density at radius 1 is 0.926 bits per heavy atom. The summed E-state index contributed by atoms with van der Waals surface area (Å²) < 4.78 is 5.72. The lowest BCUT2D eigenvalue weighted by Crippen LogP contribution is -2.18. The Morgan fingerprint density at radius 3 is 2.37 bits per heavy atom. The number of primary amides is 1. The minimum absolute atomic E-state index is 0.232. The van der Waals surface area contributed by atoms with E-state index in [0.717, 1.165) is 0 Å². The predicted octanol–water partition coefficient (Wildman–Crippen LogP) is 3.70.